The summed E-state index contributed by atoms with van der Waals surface area (Å²) in [6, 6.07) is 2.56. The molecule has 4 heteroatoms. The summed E-state index contributed by atoms with van der Waals surface area (Å²) in [6.45, 7) is 4.11. The van der Waals surface area contributed by atoms with Crippen LogP contribution in [0.25, 0.3) is 0 Å². The number of hydrogen-bond acceptors (Lipinski definition) is 3. The molecule has 16 heavy (non-hydrogen) atoms. The van der Waals surface area contributed by atoms with Crippen molar-refractivity contribution >= 4 is 11.6 Å². The minimum Gasteiger partial charge on any atom is -0.382 e. The number of carbonyl (C=O) groups excluding carboxylic acids is 1. The highest BCUT2D eigenvalue weighted by atomic mass is 16.1. The summed E-state index contributed by atoms with van der Waals surface area (Å²) >= 11 is 0. The lowest BCUT2D eigenvalue weighted by molar-refractivity contribution is 0.0950. The molecule has 1 fully saturated rings. The number of anilines is 1. The van der Waals surface area contributed by atoms with E-state index in [1.54, 1.807) is 12.4 Å². The second kappa shape index (κ2) is 4.51. The molecule has 1 aromatic rings. The Morgan fingerprint density at radius 3 is 2.81 bits per heavy atom. The monoisotopic (exact) mass is 219 g/mol. The average molecular weight is 219 g/mol. The maximum atomic E-state index is 11.8. The maximum Gasteiger partial charge on any atom is 0.253 e. The molecule has 1 aliphatic carbocycles. The summed E-state index contributed by atoms with van der Waals surface area (Å²) in [6.07, 6.45) is 5.53. The van der Waals surface area contributed by atoms with Crippen molar-refractivity contribution in [1.29, 1.82) is 0 Å². The second-order valence-corrected chi connectivity index (χ2v) is 4.51. The van der Waals surface area contributed by atoms with Gasteiger partial charge in [-0.2, -0.15) is 0 Å². The highest BCUT2D eigenvalue weighted by molar-refractivity contribution is 5.95. The summed E-state index contributed by atoms with van der Waals surface area (Å²) in [5, 5.41) is 6.17. The Morgan fingerprint density at radius 2 is 2.19 bits per heavy atom. The molecule has 1 aromatic heterocycles. The SMILES string of the molecule is CC(C)Nc1cncc(C(=O)NC2CC2)c1. The van der Waals surface area contributed by atoms with Crippen LogP contribution in [0.4, 0.5) is 5.69 Å². The zero-order valence-corrected chi connectivity index (χ0v) is 9.66. The van der Waals surface area contributed by atoms with Gasteiger partial charge < -0.3 is 10.6 Å². The lowest BCUT2D eigenvalue weighted by atomic mass is 10.2. The number of amides is 1. The van der Waals surface area contributed by atoms with Gasteiger partial charge in [0.25, 0.3) is 5.91 Å². The van der Waals surface area contributed by atoms with E-state index in [-0.39, 0.29) is 5.91 Å². The van der Waals surface area contributed by atoms with Gasteiger partial charge in [-0.3, -0.25) is 9.78 Å². The Morgan fingerprint density at radius 1 is 1.44 bits per heavy atom. The van der Waals surface area contributed by atoms with E-state index in [1.807, 2.05) is 6.07 Å². The van der Waals surface area contributed by atoms with Gasteiger partial charge in [-0.1, -0.05) is 0 Å². The number of nitrogens with one attached hydrogen (secondary N) is 2. The van der Waals surface area contributed by atoms with Crippen LogP contribution in [0.5, 0.6) is 0 Å². The van der Waals surface area contributed by atoms with E-state index in [0.29, 0.717) is 17.6 Å². The molecule has 86 valence electrons. The third-order valence-corrected chi connectivity index (χ3v) is 2.37. The van der Waals surface area contributed by atoms with Crippen LogP contribution in [0.3, 0.4) is 0 Å². The molecule has 0 unspecified atom stereocenters. The topological polar surface area (TPSA) is 54.0 Å². The van der Waals surface area contributed by atoms with E-state index in [4.69, 9.17) is 0 Å². The lowest BCUT2D eigenvalue weighted by Gasteiger charge is -2.10. The molecule has 0 aromatic carbocycles. The first kappa shape index (κ1) is 10.9. The van der Waals surface area contributed by atoms with Crippen LogP contribution in [0.15, 0.2) is 18.5 Å². The Hall–Kier alpha value is -1.58. The van der Waals surface area contributed by atoms with E-state index < -0.39 is 0 Å². The fourth-order valence-corrected chi connectivity index (χ4v) is 1.47. The zero-order chi connectivity index (χ0) is 11.5. The molecule has 0 atom stereocenters. The normalized spacial score (nSPS) is 14.9. The Balaban J connectivity index is 2.04. The number of rotatable bonds is 4. The van der Waals surface area contributed by atoms with Crippen molar-refractivity contribution in [2.75, 3.05) is 5.32 Å². The first-order chi connectivity index (χ1) is 7.65. The zero-order valence-electron chi connectivity index (χ0n) is 9.66. The van der Waals surface area contributed by atoms with Crippen molar-refractivity contribution in [3.63, 3.8) is 0 Å². The summed E-state index contributed by atoms with van der Waals surface area (Å²) in [4.78, 5) is 15.8. The van der Waals surface area contributed by atoms with Crippen molar-refractivity contribution in [3.05, 3.63) is 24.0 Å². The predicted octanol–water partition coefficient (Wildman–Crippen LogP) is 1.79. The largest absolute Gasteiger partial charge is 0.382 e. The third-order valence-electron chi connectivity index (χ3n) is 2.37. The van der Waals surface area contributed by atoms with Crippen LogP contribution >= 0.6 is 0 Å². The van der Waals surface area contributed by atoms with Crippen molar-refractivity contribution in [2.24, 2.45) is 0 Å². The molecule has 0 saturated heterocycles. The molecule has 0 aliphatic heterocycles. The predicted molar refractivity (Wildman–Crippen MR) is 63.5 cm³/mol. The van der Waals surface area contributed by atoms with Crippen LogP contribution < -0.4 is 10.6 Å². The summed E-state index contributed by atoms with van der Waals surface area (Å²) < 4.78 is 0. The molecule has 1 heterocycles. The fraction of sp³-hybridized carbons (Fsp3) is 0.500. The van der Waals surface area contributed by atoms with Crippen molar-refractivity contribution in [1.82, 2.24) is 10.3 Å². The highest BCUT2D eigenvalue weighted by Crippen LogP contribution is 2.19. The maximum absolute atomic E-state index is 11.8. The molecule has 1 aliphatic rings. The number of pyridine rings is 1. The Bertz CT molecular complexity index is 386. The number of aromatic nitrogens is 1. The molecular weight excluding hydrogens is 202 g/mol. The van der Waals surface area contributed by atoms with Gasteiger partial charge in [-0.25, -0.2) is 0 Å². The second-order valence-electron chi connectivity index (χ2n) is 4.51. The number of carbonyl (C=O) groups is 1. The van der Waals surface area contributed by atoms with Crippen LogP contribution in [0.1, 0.15) is 37.0 Å². The van der Waals surface area contributed by atoms with Crippen LogP contribution in [0, 0.1) is 0 Å². The van der Waals surface area contributed by atoms with Crippen molar-refractivity contribution < 1.29 is 4.79 Å². The smallest absolute Gasteiger partial charge is 0.253 e. The van der Waals surface area contributed by atoms with Gasteiger partial charge in [-0.05, 0) is 32.8 Å². The molecule has 0 bridgehead atoms. The Labute approximate surface area is 95.5 Å². The fourth-order valence-electron chi connectivity index (χ4n) is 1.47. The summed E-state index contributed by atoms with van der Waals surface area (Å²) in [7, 11) is 0. The first-order valence-electron chi connectivity index (χ1n) is 5.67. The van der Waals surface area contributed by atoms with Gasteiger partial charge in [0.2, 0.25) is 0 Å². The standard InChI is InChI=1S/C12H17N3O/c1-8(2)14-11-5-9(6-13-7-11)12(16)15-10-3-4-10/h5-8,10,14H,3-4H2,1-2H3,(H,15,16). The van der Waals surface area contributed by atoms with E-state index in [2.05, 4.69) is 29.5 Å². The van der Waals surface area contributed by atoms with E-state index in [1.165, 1.54) is 0 Å². The minimum absolute atomic E-state index is 0.0255. The Kier molecular flexibility index (Phi) is 3.08. The molecule has 0 spiro atoms. The molecule has 1 saturated carbocycles. The lowest BCUT2D eigenvalue weighted by Crippen LogP contribution is -2.25. The summed E-state index contributed by atoms with van der Waals surface area (Å²) in [5.74, 6) is -0.0255. The van der Waals surface area contributed by atoms with Gasteiger partial charge in [0.05, 0.1) is 11.3 Å². The number of hydrogen-bond donors (Lipinski definition) is 2. The summed E-state index contributed by atoms with van der Waals surface area (Å²) in [5.41, 5.74) is 1.51. The minimum atomic E-state index is -0.0255. The molecule has 2 N–H and O–H groups in total. The molecule has 0 radical (unpaired) electrons. The molecule has 2 rings (SSSR count). The van der Waals surface area contributed by atoms with Crippen molar-refractivity contribution in [2.45, 2.75) is 38.8 Å². The van der Waals surface area contributed by atoms with E-state index in [9.17, 15) is 4.79 Å². The van der Waals surface area contributed by atoms with Crippen LogP contribution in [0.2, 0.25) is 0 Å². The van der Waals surface area contributed by atoms with E-state index in [0.717, 1.165) is 18.5 Å². The molecule has 4 nitrogen and oxygen atoms in total. The first-order valence-corrected chi connectivity index (χ1v) is 5.67. The molecular formula is C12H17N3O. The van der Waals surface area contributed by atoms with Crippen LogP contribution in [-0.2, 0) is 0 Å². The third kappa shape index (κ3) is 2.95. The van der Waals surface area contributed by atoms with Crippen LogP contribution in [-0.4, -0.2) is 23.0 Å². The van der Waals surface area contributed by atoms with Gasteiger partial charge in [0, 0.05) is 24.5 Å². The van der Waals surface area contributed by atoms with Gasteiger partial charge in [0.1, 0.15) is 0 Å². The van der Waals surface area contributed by atoms with Gasteiger partial charge in [0.15, 0.2) is 0 Å². The number of nitrogens with zero attached hydrogens (tertiary/aromatic N) is 1. The molecule has 1 amide bonds. The highest BCUT2D eigenvalue weighted by Gasteiger charge is 2.23. The van der Waals surface area contributed by atoms with Gasteiger partial charge >= 0.3 is 0 Å². The van der Waals surface area contributed by atoms with E-state index >= 15 is 0 Å². The quantitative estimate of drug-likeness (QED) is 0.811. The average Bonchev–Trinajstić information content (AvgIpc) is 3.01. The van der Waals surface area contributed by atoms with Gasteiger partial charge in [-0.15, -0.1) is 0 Å². The van der Waals surface area contributed by atoms with Crippen molar-refractivity contribution in [3.8, 4) is 0 Å².